The number of amides is 3. The number of ether oxygens (including phenoxy) is 1. The van der Waals surface area contributed by atoms with E-state index in [0.29, 0.717) is 16.3 Å². The SMILES string of the molecule is Cc1ccc(CN([C-]=Nc2ccc(Oc3nc(C)ns3)c(F)c2)C(=O)N([C-]=O)CCC(=O)O)cc1.[Mn+2]. The summed E-state index contributed by atoms with van der Waals surface area (Å²) in [4.78, 5) is 44.6. The number of imide groups is 1. The Hall–Kier alpha value is -3.67. The molecule has 2 aromatic carbocycles. The Morgan fingerprint density at radius 2 is 1.89 bits per heavy atom. The van der Waals surface area contributed by atoms with Crippen LogP contribution >= 0.6 is 11.5 Å². The van der Waals surface area contributed by atoms with Gasteiger partial charge in [-0.1, -0.05) is 42.0 Å². The fourth-order valence-corrected chi connectivity index (χ4v) is 3.28. The van der Waals surface area contributed by atoms with Gasteiger partial charge < -0.3 is 34.2 Å². The zero-order valence-corrected chi connectivity index (χ0v) is 21.1. The van der Waals surface area contributed by atoms with Crippen LogP contribution in [0, 0.1) is 19.7 Å². The van der Waals surface area contributed by atoms with Gasteiger partial charge >= 0.3 is 23.0 Å². The molecule has 0 aliphatic heterocycles. The summed E-state index contributed by atoms with van der Waals surface area (Å²) in [5.74, 6) is -1.48. The summed E-state index contributed by atoms with van der Waals surface area (Å²) < 4.78 is 23.9. The maximum absolute atomic E-state index is 14.5. The predicted octanol–water partition coefficient (Wildman–Crippen LogP) is 4.09. The number of halogens is 1. The molecule has 0 atom stereocenters. The van der Waals surface area contributed by atoms with E-state index >= 15 is 0 Å². The summed E-state index contributed by atoms with van der Waals surface area (Å²) >= 11 is 0.984. The van der Waals surface area contributed by atoms with E-state index in [2.05, 4.69) is 20.7 Å². The number of benzene rings is 2. The largest absolute Gasteiger partial charge is 2.00 e. The van der Waals surface area contributed by atoms with E-state index in [1.54, 1.807) is 19.1 Å². The van der Waals surface area contributed by atoms with E-state index in [1.807, 2.05) is 19.1 Å². The van der Waals surface area contributed by atoms with Crippen LogP contribution in [-0.2, 0) is 33.2 Å². The zero-order chi connectivity index (χ0) is 25.4. The molecule has 1 N–H and O–H groups in total. The molecule has 1 aromatic heterocycles. The van der Waals surface area contributed by atoms with Crippen molar-refractivity contribution in [1.29, 1.82) is 0 Å². The Bertz CT molecular complexity index is 1240. The van der Waals surface area contributed by atoms with E-state index in [9.17, 15) is 18.8 Å². The number of carbonyl (C=O) groups is 2. The predicted molar refractivity (Wildman–Crippen MR) is 125 cm³/mol. The van der Waals surface area contributed by atoms with Crippen LogP contribution < -0.4 is 4.74 Å². The number of aliphatic imine (C=N–C) groups is 1. The topological polar surface area (TPSA) is 125 Å². The summed E-state index contributed by atoms with van der Waals surface area (Å²) in [6.07, 6.45) is 3.50. The summed E-state index contributed by atoms with van der Waals surface area (Å²) in [6.45, 7) is 3.19. The number of hydrogen-bond donors (Lipinski definition) is 1. The van der Waals surface area contributed by atoms with Crippen LogP contribution in [0.2, 0.25) is 0 Å². The number of hydrogen-bond acceptors (Lipinski definition) is 8. The number of urea groups is 1. The minimum atomic E-state index is -1.18. The Kier molecular flexibility index (Phi) is 10.7. The van der Waals surface area contributed by atoms with Crippen LogP contribution in [0.3, 0.4) is 0 Å². The number of carboxylic acid groups (broad SMARTS) is 1. The third-order valence-corrected chi connectivity index (χ3v) is 5.19. The third kappa shape index (κ3) is 8.22. The molecule has 1 radical (unpaired) electrons. The first-order valence-electron chi connectivity index (χ1n) is 10.2. The number of carboxylic acids is 1. The van der Waals surface area contributed by atoms with Gasteiger partial charge in [-0.2, -0.15) is 9.36 Å². The van der Waals surface area contributed by atoms with E-state index in [1.165, 1.54) is 18.5 Å². The number of rotatable bonds is 10. The molecule has 36 heavy (non-hydrogen) atoms. The van der Waals surface area contributed by atoms with E-state index < -0.39 is 24.2 Å². The average Bonchev–Trinajstić information content (AvgIpc) is 3.24. The van der Waals surface area contributed by atoms with Gasteiger partial charge in [-0.3, -0.25) is 4.79 Å². The molecule has 0 saturated heterocycles. The molecule has 3 aromatic rings. The van der Waals surface area contributed by atoms with Crippen molar-refractivity contribution < 1.29 is 45.7 Å². The first-order chi connectivity index (χ1) is 16.7. The van der Waals surface area contributed by atoms with Gasteiger partial charge in [0, 0.05) is 31.0 Å². The van der Waals surface area contributed by atoms with Gasteiger partial charge in [-0.25, -0.2) is 4.39 Å². The number of aryl methyl sites for hydroxylation is 2. The van der Waals surface area contributed by atoms with Crippen molar-refractivity contribution in [3.05, 3.63) is 65.2 Å². The standard InChI is InChI=1S/C23H20FN5O5S.Mn/c1-15-3-5-17(6-4-15)12-29(23(33)28(14-30)10-9-21(31)32)13-25-18-7-8-20(19(24)11-18)34-22-26-16(2)27-35-22;/h3-8,11H,9-10,12H2,1-2H3,(H,31,32);/q-2;+2. The Morgan fingerprint density at radius 1 is 1.17 bits per heavy atom. The number of carbonyl (C=O) groups excluding carboxylic acids is 2. The molecule has 3 rings (SSSR count). The molecule has 0 aliphatic rings. The summed E-state index contributed by atoms with van der Waals surface area (Å²) in [5, 5.41) is 9.05. The zero-order valence-electron chi connectivity index (χ0n) is 19.1. The van der Waals surface area contributed by atoms with E-state index in [4.69, 9.17) is 9.84 Å². The second kappa shape index (κ2) is 13.4. The summed E-state index contributed by atoms with van der Waals surface area (Å²) in [7, 11) is 0. The van der Waals surface area contributed by atoms with Gasteiger partial charge in [-0.15, -0.1) is 0 Å². The molecule has 0 fully saturated rings. The fraction of sp³-hybridized carbons (Fsp3) is 0.217. The fourth-order valence-electron chi connectivity index (χ4n) is 2.73. The van der Waals surface area contributed by atoms with Crippen molar-refractivity contribution in [2.45, 2.75) is 26.8 Å². The number of aliphatic carboxylic acids is 1. The van der Waals surface area contributed by atoms with Crippen molar-refractivity contribution in [2.24, 2.45) is 4.99 Å². The maximum atomic E-state index is 14.5. The van der Waals surface area contributed by atoms with Crippen molar-refractivity contribution in [2.75, 3.05) is 6.54 Å². The van der Waals surface area contributed by atoms with Gasteiger partial charge in [0.05, 0.1) is 12.8 Å². The van der Waals surface area contributed by atoms with Gasteiger partial charge in [0.25, 0.3) is 5.19 Å². The van der Waals surface area contributed by atoms with Crippen LogP contribution in [0.25, 0.3) is 0 Å². The van der Waals surface area contributed by atoms with E-state index in [-0.39, 0.29) is 46.8 Å². The molecule has 0 bridgehead atoms. The first kappa shape index (κ1) is 28.6. The van der Waals surface area contributed by atoms with Crippen LogP contribution in [0.1, 0.15) is 23.4 Å². The van der Waals surface area contributed by atoms with Crippen molar-refractivity contribution in [3.8, 4) is 10.9 Å². The van der Waals surface area contributed by atoms with Crippen LogP contribution in [0.4, 0.5) is 14.9 Å². The summed E-state index contributed by atoms with van der Waals surface area (Å²) in [5.41, 5.74) is 1.84. The molecule has 0 saturated carbocycles. The van der Waals surface area contributed by atoms with Crippen LogP contribution in [0.5, 0.6) is 10.9 Å². The van der Waals surface area contributed by atoms with Gasteiger partial charge in [0.1, 0.15) is 5.82 Å². The van der Waals surface area contributed by atoms with Gasteiger partial charge in [0.2, 0.25) is 0 Å². The average molecular weight is 552 g/mol. The first-order valence-corrected chi connectivity index (χ1v) is 11.0. The second-order valence-electron chi connectivity index (χ2n) is 7.28. The van der Waals surface area contributed by atoms with E-state index in [0.717, 1.165) is 28.1 Å². The summed E-state index contributed by atoms with van der Waals surface area (Å²) in [6, 6.07) is 10.2. The minimum absolute atomic E-state index is 0. The Balaban J connectivity index is 0.00000456. The second-order valence-corrected chi connectivity index (χ2v) is 7.99. The molecule has 1 heterocycles. The van der Waals surface area contributed by atoms with Crippen molar-refractivity contribution in [1.82, 2.24) is 19.2 Å². The molecular weight excluding hydrogens is 532 g/mol. The minimum Gasteiger partial charge on any atom is -0.481 e. The molecule has 0 spiro atoms. The third-order valence-electron chi connectivity index (χ3n) is 4.50. The number of aromatic nitrogens is 2. The van der Waals surface area contributed by atoms with Gasteiger partial charge in [-0.05, 0) is 31.2 Å². The molecule has 0 unspecified atom stereocenters. The molecule has 187 valence electrons. The smallest absolute Gasteiger partial charge is 0.481 e. The quantitative estimate of drug-likeness (QED) is 0.132. The normalized spacial score (nSPS) is 10.5. The molecule has 10 nitrogen and oxygen atoms in total. The number of nitrogens with zero attached hydrogens (tertiary/aromatic N) is 5. The molecule has 13 heteroatoms. The van der Waals surface area contributed by atoms with Crippen LogP contribution in [0.15, 0.2) is 47.5 Å². The Morgan fingerprint density at radius 3 is 2.47 bits per heavy atom. The monoisotopic (exact) mass is 552 g/mol. The Labute approximate surface area is 221 Å². The van der Waals surface area contributed by atoms with Crippen LogP contribution in [-0.4, -0.2) is 55.6 Å². The van der Waals surface area contributed by atoms with Crippen molar-refractivity contribution in [3.63, 3.8) is 0 Å². The maximum Gasteiger partial charge on any atom is 2.00 e. The molecule has 3 amide bonds. The molecule has 0 aliphatic carbocycles. The van der Waals surface area contributed by atoms with Crippen molar-refractivity contribution >= 4 is 42.0 Å². The van der Waals surface area contributed by atoms with Gasteiger partial charge in [0.15, 0.2) is 17.6 Å². The molecular formula is C23H20FMnN5O5S.